The molecule has 0 saturated heterocycles. The van der Waals surface area contributed by atoms with Gasteiger partial charge in [0.1, 0.15) is 5.75 Å². The van der Waals surface area contributed by atoms with E-state index in [1.165, 1.54) is 0 Å². The highest BCUT2D eigenvalue weighted by atomic mass is 32.2. The number of rotatable bonds is 6. The molecule has 28 heavy (non-hydrogen) atoms. The van der Waals surface area contributed by atoms with Crippen molar-refractivity contribution in [3.63, 3.8) is 0 Å². The number of ether oxygens (including phenoxy) is 1. The van der Waals surface area contributed by atoms with E-state index >= 15 is 0 Å². The Morgan fingerprint density at radius 2 is 1.57 bits per heavy atom. The van der Waals surface area contributed by atoms with E-state index in [1.54, 1.807) is 11.8 Å². The number of hydrogen-bond donors (Lipinski definition) is 2. The highest BCUT2D eigenvalue weighted by Gasteiger charge is 2.09. The fraction of sp³-hybridized carbons (Fsp3) is 0.174. The van der Waals surface area contributed by atoms with Gasteiger partial charge in [-0.05, 0) is 61.7 Å². The summed E-state index contributed by atoms with van der Waals surface area (Å²) < 4.78 is 5.81. The summed E-state index contributed by atoms with van der Waals surface area (Å²) in [6.45, 7) is 6.17. The standard InChI is InChI=1S/C23H24N2O2S/c1-16-13-14-17(2)22(18(16)3)27-15-24-23(26)25-20-11-7-8-12-21(20)28-19-9-5-4-6-10-19/h4-14H,15H2,1-3H3,(H2,24,25,26). The van der Waals surface area contributed by atoms with Gasteiger partial charge in [-0.25, -0.2) is 4.79 Å². The molecule has 3 rings (SSSR count). The van der Waals surface area contributed by atoms with Crippen LogP contribution in [0.25, 0.3) is 0 Å². The van der Waals surface area contributed by atoms with Crippen molar-refractivity contribution in [3.8, 4) is 5.75 Å². The first-order chi connectivity index (χ1) is 13.5. The zero-order valence-electron chi connectivity index (χ0n) is 16.3. The van der Waals surface area contributed by atoms with E-state index in [0.29, 0.717) is 0 Å². The van der Waals surface area contributed by atoms with Gasteiger partial charge in [0.25, 0.3) is 0 Å². The Morgan fingerprint density at radius 3 is 2.36 bits per heavy atom. The SMILES string of the molecule is Cc1ccc(C)c(OCNC(=O)Nc2ccccc2Sc2ccccc2)c1C. The topological polar surface area (TPSA) is 50.4 Å². The number of urea groups is 1. The highest BCUT2D eigenvalue weighted by molar-refractivity contribution is 7.99. The predicted octanol–water partition coefficient (Wildman–Crippen LogP) is 5.92. The average molecular weight is 393 g/mol. The Morgan fingerprint density at radius 1 is 0.893 bits per heavy atom. The number of aryl methyl sites for hydroxylation is 2. The van der Waals surface area contributed by atoms with E-state index in [1.807, 2.05) is 81.4 Å². The van der Waals surface area contributed by atoms with Crippen molar-refractivity contribution >= 4 is 23.5 Å². The number of amides is 2. The van der Waals surface area contributed by atoms with Crippen LogP contribution in [0, 0.1) is 20.8 Å². The average Bonchev–Trinajstić information content (AvgIpc) is 2.70. The number of hydrogen-bond acceptors (Lipinski definition) is 3. The minimum absolute atomic E-state index is 0.102. The van der Waals surface area contributed by atoms with Gasteiger partial charge in [-0.2, -0.15) is 0 Å². The monoisotopic (exact) mass is 392 g/mol. The van der Waals surface area contributed by atoms with Crippen LogP contribution in [0.2, 0.25) is 0 Å². The normalized spacial score (nSPS) is 10.4. The Bertz CT molecular complexity index is 958. The number of carbonyl (C=O) groups is 1. The molecule has 0 spiro atoms. The van der Waals surface area contributed by atoms with Crippen molar-refractivity contribution < 1.29 is 9.53 Å². The maximum Gasteiger partial charge on any atom is 0.321 e. The van der Waals surface area contributed by atoms with E-state index in [2.05, 4.69) is 16.7 Å². The largest absolute Gasteiger partial charge is 0.473 e. The summed E-state index contributed by atoms with van der Waals surface area (Å²) in [4.78, 5) is 14.4. The van der Waals surface area contributed by atoms with Gasteiger partial charge in [-0.3, -0.25) is 0 Å². The second kappa shape index (κ2) is 9.33. The first kappa shape index (κ1) is 19.8. The lowest BCUT2D eigenvalue weighted by atomic mass is 10.1. The van der Waals surface area contributed by atoms with E-state index in [0.717, 1.165) is 37.9 Å². The molecule has 0 radical (unpaired) electrons. The lowest BCUT2D eigenvalue weighted by molar-refractivity contribution is 0.234. The molecule has 3 aromatic carbocycles. The lowest BCUT2D eigenvalue weighted by Gasteiger charge is -2.15. The zero-order chi connectivity index (χ0) is 19.9. The summed E-state index contributed by atoms with van der Waals surface area (Å²) >= 11 is 1.61. The fourth-order valence-electron chi connectivity index (χ4n) is 2.76. The lowest BCUT2D eigenvalue weighted by Crippen LogP contribution is -2.32. The third-order valence-corrected chi connectivity index (χ3v) is 5.51. The number of benzene rings is 3. The van der Waals surface area contributed by atoms with Gasteiger partial charge in [0.05, 0.1) is 5.69 Å². The molecule has 0 aliphatic rings. The van der Waals surface area contributed by atoms with Crippen LogP contribution >= 0.6 is 11.8 Å². The Labute approximate surface area is 170 Å². The van der Waals surface area contributed by atoms with Crippen molar-refractivity contribution in [1.82, 2.24) is 5.32 Å². The van der Waals surface area contributed by atoms with E-state index in [9.17, 15) is 4.79 Å². The summed E-state index contributed by atoms with van der Waals surface area (Å²) in [5, 5.41) is 5.67. The summed E-state index contributed by atoms with van der Waals surface area (Å²) in [6, 6.07) is 21.6. The summed E-state index contributed by atoms with van der Waals surface area (Å²) in [7, 11) is 0. The van der Waals surface area contributed by atoms with Crippen molar-refractivity contribution in [3.05, 3.63) is 83.4 Å². The Hall–Kier alpha value is -2.92. The Kier molecular flexibility index (Phi) is 6.61. The zero-order valence-corrected chi connectivity index (χ0v) is 17.1. The number of carbonyl (C=O) groups excluding carboxylic acids is 1. The van der Waals surface area contributed by atoms with Gasteiger partial charge in [0, 0.05) is 9.79 Å². The quantitative estimate of drug-likeness (QED) is 0.512. The molecule has 2 N–H and O–H groups in total. The smallest absolute Gasteiger partial charge is 0.321 e. The third kappa shape index (κ3) is 5.08. The van der Waals surface area contributed by atoms with Crippen molar-refractivity contribution in [2.24, 2.45) is 0 Å². The van der Waals surface area contributed by atoms with Crippen LogP contribution in [-0.4, -0.2) is 12.8 Å². The minimum atomic E-state index is -0.302. The summed E-state index contributed by atoms with van der Waals surface area (Å²) in [5.74, 6) is 0.820. The van der Waals surface area contributed by atoms with Crippen molar-refractivity contribution in [2.45, 2.75) is 30.6 Å². The van der Waals surface area contributed by atoms with Crippen molar-refractivity contribution in [2.75, 3.05) is 12.0 Å². The fourth-order valence-corrected chi connectivity index (χ4v) is 3.69. The van der Waals surface area contributed by atoms with Gasteiger partial charge in [-0.1, -0.05) is 54.2 Å². The molecule has 0 atom stereocenters. The minimum Gasteiger partial charge on any atom is -0.473 e. The molecule has 0 saturated carbocycles. The van der Waals surface area contributed by atoms with E-state index in [4.69, 9.17) is 4.74 Å². The van der Waals surface area contributed by atoms with Gasteiger partial charge < -0.3 is 15.4 Å². The van der Waals surface area contributed by atoms with Gasteiger partial charge in [0.2, 0.25) is 0 Å². The van der Waals surface area contributed by atoms with E-state index < -0.39 is 0 Å². The van der Waals surface area contributed by atoms with Crippen LogP contribution in [0.15, 0.2) is 76.5 Å². The molecular formula is C23H24N2O2S. The summed E-state index contributed by atoms with van der Waals surface area (Å²) in [6.07, 6.45) is 0. The predicted molar refractivity (Wildman–Crippen MR) is 115 cm³/mol. The molecule has 0 aliphatic heterocycles. The van der Waals surface area contributed by atoms with Crippen LogP contribution in [0.1, 0.15) is 16.7 Å². The molecule has 0 heterocycles. The molecule has 0 bridgehead atoms. The molecule has 3 aromatic rings. The number of para-hydroxylation sites is 1. The summed E-state index contributed by atoms with van der Waals surface area (Å²) in [5.41, 5.74) is 4.07. The van der Waals surface area contributed by atoms with Gasteiger partial charge in [-0.15, -0.1) is 0 Å². The first-order valence-electron chi connectivity index (χ1n) is 9.11. The van der Waals surface area contributed by atoms with Gasteiger partial charge >= 0.3 is 6.03 Å². The number of anilines is 1. The molecule has 0 fully saturated rings. The second-order valence-corrected chi connectivity index (χ2v) is 7.60. The molecule has 0 aromatic heterocycles. The van der Waals surface area contributed by atoms with Crippen LogP contribution in [0.3, 0.4) is 0 Å². The molecule has 144 valence electrons. The van der Waals surface area contributed by atoms with Crippen LogP contribution in [0.5, 0.6) is 5.75 Å². The van der Waals surface area contributed by atoms with E-state index in [-0.39, 0.29) is 12.8 Å². The third-order valence-electron chi connectivity index (χ3n) is 4.43. The first-order valence-corrected chi connectivity index (χ1v) is 9.92. The van der Waals surface area contributed by atoms with Crippen LogP contribution in [-0.2, 0) is 0 Å². The van der Waals surface area contributed by atoms with Crippen LogP contribution in [0.4, 0.5) is 10.5 Å². The second-order valence-electron chi connectivity index (χ2n) is 6.48. The molecule has 0 unspecified atom stereocenters. The molecule has 2 amide bonds. The van der Waals surface area contributed by atoms with Crippen LogP contribution < -0.4 is 15.4 Å². The molecular weight excluding hydrogens is 368 g/mol. The van der Waals surface area contributed by atoms with Crippen molar-refractivity contribution in [1.29, 1.82) is 0 Å². The maximum absolute atomic E-state index is 12.3. The molecule has 4 nitrogen and oxygen atoms in total. The Balaban J connectivity index is 1.59. The maximum atomic E-state index is 12.3. The highest BCUT2D eigenvalue weighted by Crippen LogP contribution is 2.33. The number of nitrogens with one attached hydrogen (secondary N) is 2. The van der Waals surface area contributed by atoms with Gasteiger partial charge in [0.15, 0.2) is 6.73 Å². The molecule has 0 aliphatic carbocycles. The molecule has 5 heteroatoms.